The van der Waals surface area contributed by atoms with Crippen molar-refractivity contribution in [1.29, 1.82) is 0 Å². The molecule has 0 aromatic heterocycles. The second-order valence-electron chi connectivity index (χ2n) is 3.53. The fraction of sp³-hybridized carbons (Fsp3) is 0.300. The summed E-state index contributed by atoms with van der Waals surface area (Å²) in [5.74, 6) is -0.282. The van der Waals surface area contributed by atoms with Crippen molar-refractivity contribution in [2.45, 2.75) is 19.9 Å². The Morgan fingerprint density at radius 1 is 1.50 bits per heavy atom. The van der Waals surface area contributed by atoms with Crippen molar-refractivity contribution in [2.75, 3.05) is 5.32 Å². The number of anilines is 1. The summed E-state index contributed by atoms with van der Waals surface area (Å²) in [6, 6.07) is 4.59. The topological polar surface area (TPSA) is 93.8 Å². The van der Waals surface area contributed by atoms with E-state index >= 15 is 0 Å². The lowest BCUT2D eigenvalue weighted by molar-refractivity contribution is -0.438. The monoisotopic (exact) mass is 226 g/mol. The van der Waals surface area contributed by atoms with Crippen molar-refractivity contribution in [3.05, 3.63) is 23.8 Å². The second kappa shape index (κ2) is 5.34. The lowest BCUT2D eigenvalue weighted by atomic mass is 10.1. The average molecular weight is 226 g/mol. The Labute approximate surface area is 92.8 Å². The van der Waals surface area contributed by atoms with Crippen LogP contribution in [0.15, 0.2) is 18.2 Å². The number of benzene rings is 1. The maximum absolute atomic E-state index is 11.1. The van der Waals surface area contributed by atoms with Crippen molar-refractivity contribution < 1.29 is 20.0 Å². The summed E-state index contributed by atoms with van der Waals surface area (Å²) >= 11 is 0. The van der Waals surface area contributed by atoms with Crippen LogP contribution < -0.4 is 15.9 Å². The van der Waals surface area contributed by atoms with E-state index in [-0.39, 0.29) is 11.8 Å². The highest BCUT2D eigenvalue weighted by atomic mass is 17.5. The molecule has 0 aliphatic rings. The molecule has 0 unspecified atom stereocenters. The standard InChI is InChI=1S/C10H14N2O4/c1-6(2)12-9-5-7(15-16-14)3-4-8(9)10(11)13/h3-6,12,14H,1-2H3,(H2,11,13). The van der Waals surface area contributed by atoms with Crippen molar-refractivity contribution in [3.63, 3.8) is 0 Å². The molecule has 1 aromatic rings. The van der Waals surface area contributed by atoms with E-state index < -0.39 is 5.91 Å². The molecule has 0 aliphatic heterocycles. The largest absolute Gasteiger partial charge is 0.382 e. The Bertz CT molecular complexity index is 379. The number of nitrogens with one attached hydrogen (secondary N) is 1. The molecule has 6 heteroatoms. The van der Waals surface area contributed by atoms with Gasteiger partial charge in [-0.2, -0.15) is 0 Å². The van der Waals surface area contributed by atoms with Crippen molar-refractivity contribution in [3.8, 4) is 5.75 Å². The Morgan fingerprint density at radius 3 is 2.69 bits per heavy atom. The summed E-state index contributed by atoms with van der Waals surface area (Å²) < 4.78 is 0. The molecule has 6 nitrogen and oxygen atoms in total. The number of primary amides is 1. The smallest absolute Gasteiger partial charge is 0.250 e. The summed E-state index contributed by atoms with van der Waals surface area (Å²) in [6.45, 7) is 3.84. The first-order valence-electron chi connectivity index (χ1n) is 4.73. The van der Waals surface area contributed by atoms with Gasteiger partial charge in [0.2, 0.25) is 0 Å². The fourth-order valence-electron chi connectivity index (χ4n) is 1.26. The zero-order valence-electron chi connectivity index (χ0n) is 9.06. The summed E-state index contributed by atoms with van der Waals surface area (Å²) in [5.41, 5.74) is 6.09. The lowest BCUT2D eigenvalue weighted by Gasteiger charge is -2.13. The molecular formula is C10H14N2O4. The van der Waals surface area contributed by atoms with Crippen LogP contribution in [0.1, 0.15) is 24.2 Å². The highest BCUT2D eigenvalue weighted by Crippen LogP contribution is 2.23. The summed E-state index contributed by atoms with van der Waals surface area (Å²) in [6.07, 6.45) is 0. The SMILES string of the molecule is CC(C)Nc1cc(OOO)ccc1C(N)=O. The quantitative estimate of drug-likeness (QED) is 0.521. The van der Waals surface area contributed by atoms with Crippen LogP contribution in [0.2, 0.25) is 0 Å². The molecule has 0 fully saturated rings. The van der Waals surface area contributed by atoms with Gasteiger partial charge in [-0.05, 0) is 31.0 Å². The number of carbonyl (C=O) groups is 1. The third-order valence-corrected chi connectivity index (χ3v) is 1.83. The van der Waals surface area contributed by atoms with Crippen LogP contribution >= 0.6 is 0 Å². The highest BCUT2D eigenvalue weighted by molar-refractivity contribution is 5.98. The van der Waals surface area contributed by atoms with E-state index in [1.165, 1.54) is 18.2 Å². The molecule has 0 saturated carbocycles. The van der Waals surface area contributed by atoms with Gasteiger partial charge in [0, 0.05) is 12.1 Å². The van der Waals surface area contributed by atoms with Gasteiger partial charge in [0.15, 0.2) is 5.75 Å². The van der Waals surface area contributed by atoms with Gasteiger partial charge in [0.25, 0.3) is 5.91 Å². The van der Waals surface area contributed by atoms with Gasteiger partial charge in [-0.3, -0.25) is 4.79 Å². The van der Waals surface area contributed by atoms with Crippen LogP contribution in [0.4, 0.5) is 5.69 Å². The maximum atomic E-state index is 11.1. The Balaban J connectivity index is 3.05. The van der Waals surface area contributed by atoms with E-state index in [2.05, 4.69) is 15.2 Å². The fourth-order valence-corrected chi connectivity index (χ4v) is 1.26. The molecule has 1 rings (SSSR count). The van der Waals surface area contributed by atoms with Crippen molar-refractivity contribution in [1.82, 2.24) is 0 Å². The van der Waals surface area contributed by atoms with Crippen LogP contribution in [0.3, 0.4) is 0 Å². The van der Waals surface area contributed by atoms with Gasteiger partial charge >= 0.3 is 0 Å². The van der Waals surface area contributed by atoms with Crippen molar-refractivity contribution >= 4 is 11.6 Å². The number of rotatable bonds is 5. The number of amides is 1. The zero-order chi connectivity index (χ0) is 12.1. The van der Waals surface area contributed by atoms with E-state index in [0.29, 0.717) is 11.3 Å². The van der Waals surface area contributed by atoms with E-state index in [9.17, 15) is 4.79 Å². The molecule has 4 N–H and O–H groups in total. The Hall–Kier alpha value is -1.79. The number of hydrogen-bond donors (Lipinski definition) is 3. The average Bonchev–Trinajstić information content (AvgIpc) is 2.16. The molecule has 88 valence electrons. The minimum absolute atomic E-state index is 0.128. The molecule has 1 amide bonds. The van der Waals surface area contributed by atoms with E-state index in [1.54, 1.807) is 0 Å². The first kappa shape index (κ1) is 12.3. The van der Waals surface area contributed by atoms with E-state index in [0.717, 1.165) is 0 Å². The third-order valence-electron chi connectivity index (χ3n) is 1.83. The molecule has 0 atom stereocenters. The van der Waals surface area contributed by atoms with Gasteiger partial charge in [-0.25, -0.2) is 5.26 Å². The molecule has 0 spiro atoms. The summed E-state index contributed by atoms with van der Waals surface area (Å²) in [7, 11) is 0. The predicted octanol–water partition coefficient (Wildman–Crippen LogP) is 1.39. The second-order valence-corrected chi connectivity index (χ2v) is 3.53. The van der Waals surface area contributed by atoms with Gasteiger partial charge < -0.3 is 15.9 Å². The lowest BCUT2D eigenvalue weighted by Crippen LogP contribution is -2.17. The number of carbonyl (C=O) groups excluding carboxylic acids is 1. The maximum Gasteiger partial charge on any atom is 0.250 e. The van der Waals surface area contributed by atoms with Gasteiger partial charge in [0.05, 0.1) is 11.3 Å². The third kappa shape index (κ3) is 3.11. The number of nitrogens with two attached hydrogens (primary N) is 1. The molecule has 0 aliphatic carbocycles. The Morgan fingerprint density at radius 2 is 2.19 bits per heavy atom. The predicted molar refractivity (Wildman–Crippen MR) is 58.1 cm³/mol. The van der Waals surface area contributed by atoms with Crippen molar-refractivity contribution in [2.24, 2.45) is 5.73 Å². The Kier molecular flexibility index (Phi) is 4.10. The minimum atomic E-state index is -0.542. The number of hydrogen-bond acceptors (Lipinski definition) is 5. The zero-order valence-corrected chi connectivity index (χ0v) is 9.06. The first-order chi connectivity index (χ1) is 7.54. The molecule has 16 heavy (non-hydrogen) atoms. The first-order valence-corrected chi connectivity index (χ1v) is 4.73. The highest BCUT2D eigenvalue weighted by Gasteiger charge is 2.10. The molecule has 1 aromatic carbocycles. The summed E-state index contributed by atoms with van der Waals surface area (Å²) in [4.78, 5) is 15.6. The van der Waals surface area contributed by atoms with Gasteiger partial charge in [0.1, 0.15) is 0 Å². The molecule has 0 saturated heterocycles. The van der Waals surface area contributed by atoms with Crippen LogP contribution in [0.25, 0.3) is 0 Å². The van der Waals surface area contributed by atoms with Crippen LogP contribution in [0.5, 0.6) is 5.75 Å². The minimum Gasteiger partial charge on any atom is -0.382 e. The molecule has 0 heterocycles. The molecule has 0 bridgehead atoms. The molecular weight excluding hydrogens is 212 g/mol. The van der Waals surface area contributed by atoms with Crippen LogP contribution in [-0.4, -0.2) is 17.2 Å². The summed E-state index contributed by atoms with van der Waals surface area (Å²) in [5, 5.41) is 14.7. The normalized spacial score (nSPS) is 10.2. The molecule has 0 radical (unpaired) electrons. The van der Waals surface area contributed by atoms with Crippen LogP contribution in [0, 0.1) is 0 Å². The van der Waals surface area contributed by atoms with Gasteiger partial charge in [-0.15, -0.1) is 0 Å². The van der Waals surface area contributed by atoms with Gasteiger partial charge in [-0.1, -0.05) is 0 Å². The van der Waals surface area contributed by atoms with Crippen LogP contribution in [-0.2, 0) is 5.04 Å². The van der Waals surface area contributed by atoms with E-state index in [1.807, 2.05) is 13.8 Å². The van der Waals surface area contributed by atoms with E-state index in [4.69, 9.17) is 11.0 Å².